The highest BCUT2D eigenvalue weighted by Crippen LogP contribution is 2.32. The molecule has 36 heavy (non-hydrogen) atoms. The lowest BCUT2D eigenvalue weighted by molar-refractivity contribution is -0.0440. The summed E-state index contributed by atoms with van der Waals surface area (Å²) in [6, 6.07) is 11.7. The number of nitrogens with one attached hydrogen (secondary N) is 1. The molecular formula is C25H28N6O5. The molecule has 2 aromatic carbocycles. The first-order chi connectivity index (χ1) is 17.2. The number of nitrogens with zero attached hydrogens (tertiary/aromatic N) is 4. The number of hydrogen-bond acceptors (Lipinski definition) is 9. The molecule has 11 nitrogen and oxygen atoms in total. The minimum absolute atomic E-state index is 0.0691. The van der Waals surface area contributed by atoms with Crippen LogP contribution in [0, 0.1) is 0 Å². The van der Waals surface area contributed by atoms with E-state index in [0.717, 1.165) is 16.5 Å². The fourth-order valence-corrected chi connectivity index (χ4v) is 4.62. The number of ketones is 1. The van der Waals surface area contributed by atoms with Crippen LogP contribution in [0.3, 0.4) is 0 Å². The number of aliphatic hydroxyl groups is 2. The summed E-state index contributed by atoms with van der Waals surface area (Å²) in [6.45, 7) is -0.355. The van der Waals surface area contributed by atoms with Crippen LogP contribution in [0.4, 0.5) is 11.6 Å². The summed E-state index contributed by atoms with van der Waals surface area (Å²) >= 11 is 0. The number of anilines is 2. The maximum Gasteiger partial charge on any atom is 0.280 e. The summed E-state index contributed by atoms with van der Waals surface area (Å²) in [7, 11) is 3.96. The molecule has 0 unspecified atom stereocenters. The van der Waals surface area contributed by atoms with E-state index in [2.05, 4.69) is 21.0 Å². The van der Waals surface area contributed by atoms with Gasteiger partial charge in [-0.1, -0.05) is 18.2 Å². The Labute approximate surface area is 206 Å². The lowest BCUT2D eigenvalue weighted by atomic mass is 10.0. The molecule has 5 N–H and O–H groups in total. The average Bonchev–Trinajstić information content (AvgIpc) is 3.41. The molecule has 1 fully saturated rings. The fourth-order valence-electron chi connectivity index (χ4n) is 4.62. The first-order valence-electron chi connectivity index (χ1n) is 11.7. The van der Waals surface area contributed by atoms with E-state index in [1.54, 1.807) is 4.57 Å². The van der Waals surface area contributed by atoms with E-state index in [1.807, 2.05) is 49.3 Å². The summed E-state index contributed by atoms with van der Waals surface area (Å²) < 4.78 is 7.40. The number of benzene rings is 2. The Morgan fingerprint density at radius 1 is 1.22 bits per heavy atom. The van der Waals surface area contributed by atoms with E-state index >= 15 is 0 Å². The molecule has 0 amide bonds. The van der Waals surface area contributed by atoms with Crippen LogP contribution in [0.15, 0.2) is 41.2 Å². The van der Waals surface area contributed by atoms with Gasteiger partial charge in [0, 0.05) is 44.6 Å². The van der Waals surface area contributed by atoms with Gasteiger partial charge in [0.05, 0.1) is 12.7 Å². The van der Waals surface area contributed by atoms with Gasteiger partial charge in [-0.3, -0.25) is 19.1 Å². The number of rotatable bonds is 7. The Kier molecular flexibility index (Phi) is 6.20. The molecule has 4 aromatic rings. The summed E-state index contributed by atoms with van der Waals surface area (Å²) in [5.41, 5.74) is 7.18. The Balaban J connectivity index is 1.44. The zero-order chi connectivity index (χ0) is 25.6. The van der Waals surface area contributed by atoms with E-state index in [9.17, 15) is 19.8 Å². The van der Waals surface area contributed by atoms with Crippen LogP contribution in [0.5, 0.6) is 0 Å². The normalized spacial score (nSPS) is 19.8. The zero-order valence-electron chi connectivity index (χ0n) is 20.0. The number of Topliss-reactive ketones (excluding diaryl/α,β-unsaturated/α-hetero) is 1. The SMILES string of the molecule is CN(C)c1ccc2cc(C(=O)CCc3nc4c(=O)[nH]c(N)nc4n3[C@H]3C[C@H](O)[C@@H](CO)O3)ccc2c1. The number of fused-ring (bicyclic) bond motifs is 2. The van der Waals surface area contributed by atoms with E-state index in [1.165, 1.54) is 0 Å². The van der Waals surface area contributed by atoms with Gasteiger partial charge in [0.15, 0.2) is 16.9 Å². The molecule has 0 saturated carbocycles. The molecule has 0 aliphatic carbocycles. The zero-order valence-corrected chi connectivity index (χ0v) is 20.0. The monoisotopic (exact) mass is 492 g/mol. The van der Waals surface area contributed by atoms with Crippen molar-refractivity contribution in [3.63, 3.8) is 0 Å². The number of hydrogen-bond donors (Lipinski definition) is 4. The number of nitrogen functional groups attached to an aromatic ring is 1. The number of H-pyrrole nitrogens is 1. The molecule has 0 bridgehead atoms. The molecule has 1 aliphatic heterocycles. The minimum Gasteiger partial charge on any atom is -0.394 e. The molecular weight excluding hydrogens is 464 g/mol. The molecule has 0 spiro atoms. The lowest BCUT2D eigenvalue weighted by Gasteiger charge is -2.16. The van der Waals surface area contributed by atoms with Crippen molar-refractivity contribution in [3.05, 3.63) is 58.1 Å². The molecule has 1 saturated heterocycles. The maximum atomic E-state index is 13.1. The van der Waals surface area contributed by atoms with Gasteiger partial charge in [-0.2, -0.15) is 4.98 Å². The van der Waals surface area contributed by atoms with Crippen molar-refractivity contribution < 1.29 is 19.7 Å². The number of aromatic amines is 1. The average molecular weight is 493 g/mol. The quantitative estimate of drug-likeness (QED) is 0.279. The topological polar surface area (TPSA) is 160 Å². The number of aromatic nitrogens is 4. The van der Waals surface area contributed by atoms with E-state index in [0.29, 0.717) is 11.4 Å². The number of imidazole rings is 1. The molecule has 3 atom stereocenters. The number of carbonyl (C=O) groups excluding carboxylic acids is 1. The third kappa shape index (κ3) is 4.32. The van der Waals surface area contributed by atoms with Crippen molar-refractivity contribution in [2.24, 2.45) is 0 Å². The highest BCUT2D eigenvalue weighted by atomic mass is 16.5. The summed E-state index contributed by atoms with van der Waals surface area (Å²) in [6.07, 6.45) is -1.86. The largest absolute Gasteiger partial charge is 0.394 e. The number of aliphatic hydroxyl groups excluding tert-OH is 2. The maximum absolute atomic E-state index is 13.1. The Bertz CT molecular complexity index is 1510. The molecule has 2 aromatic heterocycles. The molecule has 1 aliphatic rings. The Hall–Kier alpha value is -3.80. The third-order valence-corrected chi connectivity index (χ3v) is 6.55. The van der Waals surface area contributed by atoms with Gasteiger partial charge in [-0.25, -0.2) is 4.98 Å². The summed E-state index contributed by atoms with van der Waals surface area (Å²) in [4.78, 5) is 38.7. The predicted octanol–water partition coefficient (Wildman–Crippen LogP) is 1.38. The standard InChI is InChI=1S/C25H28N6O5/c1-30(2)16-6-5-13-9-15(4-3-14(13)10-16)17(33)7-8-20-27-22-23(28-25(26)29-24(22)35)31(20)21-11-18(34)19(12-32)36-21/h3-6,9-10,18-19,21,32,34H,7-8,11-12H2,1-2H3,(H3,26,28,29,35)/t18-,19+,21+/m0/s1. The highest BCUT2D eigenvalue weighted by molar-refractivity contribution is 6.00. The van der Waals surface area contributed by atoms with Gasteiger partial charge < -0.3 is 25.6 Å². The van der Waals surface area contributed by atoms with Crippen molar-refractivity contribution in [3.8, 4) is 0 Å². The third-order valence-electron chi connectivity index (χ3n) is 6.55. The molecule has 188 valence electrons. The molecule has 11 heteroatoms. The van der Waals surface area contributed by atoms with Crippen LogP contribution in [0.25, 0.3) is 21.9 Å². The first-order valence-corrected chi connectivity index (χ1v) is 11.7. The minimum atomic E-state index is -0.892. The van der Waals surface area contributed by atoms with Crippen molar-refractivity contribution in [1.29, 1.82) is 0 Å². The van der Waals surface area contributed by atoms with Crippen molar-refractivity contribution in [1.82, 2.24) is 19.5 Å². The second-order valence-corrected chi connectivity index (χ2v) is 9.20. The molecule has 3 heterocycles. The first kappa shape index (κ1) is 23.9. The Morgan fingerprint density at radius 3 is 2.69 bits per heavy atom. The highest BCUT2D eigenvalue weighted by Gasteiger charge is 2.37. The van der Waals surface area contributed by atoms with Crippen LogP contribution < -0.4 is 16.2 Å². The van der Waals surface area contributed by atoms with Crippen molar-refractivity contribution in [2.75, 3.05) is 31.3 Å². The predicted molar refractivity (Wildman–Crippen MR) is 135 cm³/mol. The van der Waals surface area contributed by atoms with Crippen molar-refractivity contribution >= 4 is 39.4 Å². The van der Waals surface area contributed by atoms with Crippen LogP contribution in [0.2, 0.25) is 0 Å². The number of nitrogens with two attached hydrogens (primary N) is 1. The molecule has 5 rings (SSSR count). The fraction of sp³-hybridized carbons (Fsp3) is 0.360. The van der Waals surface area contributed by atoms with Gasteiger partial charge in [-0.05, 0) is 29.0 Å². The van der Waals surface area contributed by atoms with Crippen LogP contribution in [0.1, 0.15) is 35.3 Å². The van der Waals surface area contributed by atoms with Gasteiger partial charge in [0.25, 0.3) is 5.56 Å². The second kappa shape index (κ2) is 9.34. The van der Waals surface area contributed by atoms with Gasteiger partial charge in [-0.15, -0.1) is 0 Å². The number of carbonyl (C=O) groups is 1. The van der Waals surface area contributed by atoms with Crippen LogP contribution in [-0.4, -0.2) is 68.4 Å². The Morgan fingerprint density at radius 2 is 1.97 bits per heavy atom. The van der Waals surface area contributed by atoms with E-state index in [-0.39, 0.29) is 48.8 Å². The van der Waals surface area contributed by atoms with E-state index < -0.39 is 24.0 Å². The second-order valence-electron chi connectivity index (χ2n) is 9.20. The van der Waals surface area contributed by atoms with Crippen molar-refractivity contribution in [2.45, 2.75) is 37.7 Å². The molecule has 0 radical (unpaired) electrons. The number of aryl methyl sites for hydroxylation is 1. The smallest absolute Gasteiger partial charge is 0.280 e. The van der Waals surface area contributed by atoms with Crippen LogP contribution in [-0.2, 0) is 11.2 Å². The number of ether oxygens (including phenoxy) is 1. The van der Waals surface area contributed by atoms with Gasteiger partial charge >= 0.3 is 0 Å². The van der Waals surface area contributed by atoms with Crippen LogP contribution >= 0.6 is 0 Å². The van der Waals surface area contributed by atoms with Gasteiger partial charge in [0.2, 0.25) is 5.95 Å². The lowest BCUT2D eigenvalue weighted by Crippen LogP contribution is -2.24. The summed E-state index contributed by atoms with van der Waals surface area (Å²) in [5.74, 6) is 0.255. The van der Waals surface area contributed by atoms with Gasteiger partial charge in [0.1, 0.15) is 18.2 Å². The van der Waals surface area contributed by atoms with E-state index in [4.69, 9.17) is 10.5 Å². The summed E-state index contributed by atoms with van der Waals surface area (Å²) in [5, 5.41) is 21.7.